The van der Waals surface area contributed by atoms with Crippen molar-refractivity contribution in [1.82, 2.24) is 9.55 Å². The summed E-state index contributed by atoms with van der Waals surface area (Å²) in [5.74, 6) is -7.43. The van der Waals surface area contributed by atoms with Crippen LogP contribution in [-0.2, 0) is 46.7 Å². The maximum Gasteiger partial charge on any atom is 0.480 e. The van der Waals surface area contributed by atoms with Crippen molar-refractivity contribution in [1.29, 1.82) is 0 Å². The van der Waals surface area contributed by atoms with Gasteiger partial charge in [-0.1, -0.05) is 271 Å². The molecule has 0 amide bonds. The maximum absolute atomic E-state index is 16.5. The highest BCUT2D eigenvalue weighted by molar-refractivity contribution is 7.48. The molecule has 0 saturated carbocycles. The number of hydrogen-bond acceptors (Lipinski definition) is 13. The highest BCUT2D eigenvalue weighted by Crippen LogP contribution is 2.53. The molecule has 1 fully saturated rings. The molecule has 2 N–H and O–H groups in total. The molecule has 80 heavy (non-hydrogen) atoms. The predicted molar refractivity (Wildman–Crippen MR) is 317 cm³/mol. The first-order chi connectivity index (χ1) is 38.9. The number of phosphoric acid groups is 1. The number of carbonyl (C=O) groups is 3. The second kappa shape index (κ2) is 48.6. The summed E-state index contributed by atoms with van der Waals surface area (Å²) in [5, 5.41) is 0. The van der Waals surface area contributed by atoms with Crippen molar-refractivity contribution in [2.24, 2.45) is 5.92 Å². The van der Waals surface area contributed by atoms with Crippen molar-refractivity contribution in [2.75, 3.05) is 25.9 Å². The number of halogens is 2. The van der Waals surface area contributed by atoms with E-state index in [4.69, 9.17) is 33.5 Å². The number of rotatable bonds is 57. The number of ketones is 1. The number of hydrogen-bond donors (Lipinski definition) is 1. The summed E-state index contributed by atoms with van der Waals surface area (Å²) in [6.07, 6.45) is 45.4. The number of nitrogen functional groups attached to an aromatic ring is 1. The quantitative estimate of drug-likeness (QED) is 0.0281. The van der Waals surface area contributed by atoms with Gasteiger partial charge in [-0.2, -0.15) is 4.98 Å². The minimum Gasteiger partial charge on any atom is -0.438 e. The summed E-state index contributed by atoms with van der Waals surface area (Å²) < 4.78 is 80.5. The van der Waals surface area contributed by atoms with Crippen molar-refractivity contribution in [3.05, 3.63) is 22.7 Å². The number of nitrogens with two attached hydrogens (primary N) is 1. The number of phosphoric ester groups is 1. The van der Waals surface area contributed by atoms with Crippen LogP contribution >= 0.6 is 7.82 Å². The van der Waals surface area contributed by atoms with Gasteiger partial charge in [0.05, 0.1) is 18.6 Å². The summed E-state index contributed by atoms with van der Waals surface area (Å²) in [4.78, 5) is 55.3. The van der Waals surface area contributed by atoms with Gasteiger partial charge in [-0.15, -0.1) is 0 Å². The first-order valence-corrected chi connectivity index (χ1v) is 34.1. The zero-order chi connectivity index (χ0) is 58.2. The highest BCUT2D eigenvalue weighted by Gasteiger charge is 2.60. The Kier molecular flexibility index (Phi) is 44.5. The van der Waals surface area contributed by atoms with Crippen LogP contribution in [0.2, 0.25) is 0 Å². The summed E-state index contributed by atoms with van der Waals surface area (Å²) in [5.41, 5.74) is 4.57. The second-order valence-corrected chi connectivity index (χ2v) is 24.6. The molecule has 17 heteroatoms. The van der Waals surface area contributed by atoms with E-state index in [9.17, 15) is 23.7 Å². The molecule has 1 aliphatic rings. The molecule has 0 radical (unpaired) electrons. The van der Waals surface area contributed by atoms with Gasteiger partial charge in [0, 0.05) is 31.9 Å². The van der Waals surface area contributed by atoms with Crippen LogP contribution in [0.1, 0.15) is 322 Å². The number of alkyl halides is 2. The molecular formula is C63H114F2N3O11P. The molecule has 1 aromatic heterocycles. The van der Waals surface area contributed by atoms with Gasteiger partial charge < -0.3 is 19.9 Å². The minimum atomic E-state index is -4.82. The van der Waals surface area contributed by atoms with E-state index in [0.717, 1.165) is 83.2 Å². The van der Waals surface area contributed by atoms with E-state index < -0.39 is 82.0 Å². The van der Waals surface area contributed by atoms with Crippen molar-refractivity contribution >= 4 is 31.4 Å². The van der Waals surface area contributed by atoms with Gasteiger partial charge in [0.25, 0.3) is 5.92 Å². The Morgan fingerprint density at radius 3 is 1.20 bits per heavy atom. The van der Waals surface area contributed by atoms with Crippen molar-refractivity contribution in [3.63, 3.8) is 0 Å². The lowest BCUT2D eigenvalue weighted by Gasteiger charge is -2.24. The molecule has 14 nitrogen and oxygen atoms in total. The van der Waals surface area contributed by atoms with Crippen LogP contribution in [0.3, 0.4) is 0 Å². The molecule has 0 spiro atoms. The van der Waals surface area contributed by atoms with Crippen molar-refractivity contribution in [3.8, 4) is 0 Å². The normalized spacial score (nSPS) is 16.1. The van der Waals surface area contributed by atoms with E-state index in [0.29, 0.717) is 23.8 Å². The van der Waals surface area contributed by atoms with Gasteiger partial charge in [0.15, 0.2) is 0 Å². The third-order valence-corrected chi connectivity index (χ3v) is 17.0. The van der Waals surface area contributed by atoms with Gasteiger partial charge in [-0.3, -0.25) is 23.5 Å². The van der Waals surface area contributed by atoms with E-state index in [2.05, 4.69) is 25.8 Å². The van der Waals surface area contributed by atoms with Gasteiger partial charge in [-0.05, 0) is 25.3 Å². The van der Waals surface area contributed by atoms with Crippen LogP contribution < -0.4 is 11.4 Å². The molecule has 0 bridgehead atoms. The van der Waals surface area contributed by atoms with E-state index in [1.54, 1.807) is 0 Å². The van der Waals surface area contributed by atoms with Crippen LogP contribution in [0.5, 0.6) is 0 Å². The molecule has 1 saturated heterocycles. The number of esters is 2. The minimum absolute atomic E-state index is 0.0758. The van der Waals surface area contributed by atoms with Crippen molar-refractivity contribution < 1.29 is 55.5 Å². The van der Waals surface area contributed by atoms with Crippen LogP contribution in [-0.4, -0.2) is 59.5 Å². The first-order valence-electron chi connectivity index (χ1n) is 32.6. The monoisotopic (exact) mass is 1160 g/mol. The molecule has 1 aromatic rings. The van der Waals surface area contributed by atoms with Crippen LogP contribution in [0, 0.1) is 5.92 Å². The van der Waals surface area contributed by atoms with Crippen molar-refractivity contribution in [2.45, 2.75) is 334 Å². The lowest BCUT2D eigenvalue weighted by molar-refractivity contribution is -0.154. The lowest BCUT2D eigenvalue weighted by atomic mass is 9.90. The molecule has 0 aliphatic carbocycles. The summed E-state index contributed by atoms with van der Waals surface area (Å²) in [6, 6.07) is 1.18. The molecule has 2 heterocycles. The van der Waals surface area contributed by atoms with Gasteiger partial charge in [-0.25, -0.2) is 27.2 Å². The Labute approximate surface area is 483 Å². The van der Waals surface area contributed by atoms with Gasteiger partial charge in [0.2, 0.25) is 19.8 Å². The Balaban J connectivity index is 1.97. The number of Topliss-reactive ketones (excluding diaryl/α,β-unsaturated/α-hetero) is 1. The smallest absolute Gasteiger partial charge is 0.438 e. The fourth-order valence-electron chi connectivity index (χ4n) is 10.6. The molecule has 0 aromatic carbocycles. The molecule has 2 rings (SSSR count). The lowest BCUT2D eigenvalue weighted by Crippen LogP contribution is -2.39. The molecule has 3 atom stereocenters. The third-order valence-electron chi connectivity index (χ3n) is 15.7. The maximum atomic E-state index is 16.5. The van der Waals surface area contributed by atoms with E-state index in [1.807, 2.05) is 0 Å². The SMILES string of the molecule is CCCCCCCCCCCCCCCCC(=O)C[C@@H]1[C@@H](COP(=O)(OCOC(=O)CCCCCCCCCCCCCCCC)OCOC(=O)CCCCCCCCCCCCCCCC)O[C@@H](n2ccc(N)nc2=O)C1(F)F. The van der Waals surface area contributed by atoms with Crippen LogP contribution in [0.15, 0.2) is 17.1 Å². The largest absolute Gasteiger partial charge is 0.480 e. The average molecular weight is 1160 g/mol. The zero-order valence-corrected chi connectivity index (χ0v) is 51.6. The van der Waals surface area contributed by atoms with Crippen LogP contribution in [0.25, 0.3) is 0 Å². The Hall–Kier alpha value is -2.78. The fraction of sp³-hybridized carbons (Fsp3) is 0.889. The average Bonchev–Trinajstić information content (AvgIpc) is 3.71. The second-order valence-electron chi connectivity index (χ2n) is 22.9. The van der Waals surface area contributed by atoms with E-state index in [-0.39, 0.29) is 25.1 Å². The number of aromatic nitrogens is 2. The third kappa shape index (κ3) is 36.7. The first kappa shape index (κ1) is 73.3. The Morgan fingerprint density at radius 1 is 0.537 bits per heavy atom. The van der Waals surface area contributed by atoms with E-state index in [1.165, 1.54) is 179 Å². The summed E-state index contributed by atoms with van der Waals surface area (Å²) >= 11 is 0. The molecule has 1 aliphatic heterocycles. The Bertz CT molecular complexity index is 1750. The number of unbranched alkanes of at least 4 members (excludes halogenated alkanes) is 39. The number of carbonyl (C=O) groups excluding carboxylic acids is 3. The predicted octanol–water partition coefficient (Wildman–Crippen LogP) is 18.7. The number of ether oxygens (including phenoxy) is 3. The fourth-order valence-corrected chi connectivity index (χ4v) is 11.5. The summed E-state index contributed by atoms with van der Waals surface area (Å²) in [6.45, 7) is 4.13. The van der Waals surface area contributed by atoms with Crippen LogP contribution in [0.4, 0.5) is 14.6 Å². The highest BCUT2D eigenvalue weighted by atomic mass is 31.2. The molecule has 0 unspecified atom stereocenters. The number of nitrogens with zero attached hydrogens (tertiary/aromatic N) is 2. The Morgan fingerprint density at radius 2 is 0.863 bits per heavy atom. The topological polar surface area (TPSA) is 185 Å². The molecular weight excluding hydrogens is 1040 g/mol. The van der Waals surface area contributed by atoms with E-state index >= 15 is 8.78 Å². The number of anilines is 1. The zero-order valence-electron chi connectivity index (χ0n) is 50.7. The van der Waals surface area contributed by atoms with Gasteiger partial charge >= 0.3 is 25.5 Å². The van der Waals surface area contributed by atoms with Gasteiger partial charge in [0.1, 0.15) is 11.6 Å². The summed E-state index contributed by atoms with van der Waals surface area (Å²) in [7, 11) is -4.82. The molecule has 466 valence electrons. The standard InChI is InChI=1S/C63H114F2N3O11P/c1-4-7-10-13-16-19-22-25-28-31-34-37-40-43-46-55(69)51-56-57(79-61(63(56,64)65)68-50-49-58(66)67-62(68)72)52-76-80(73,77-53-74-59(70)47-44-41-38-35-32-29-26-23-20-17-14-11-8-5-2)78-54-75-60(71)48-45-42-39-36-33-30-27-24-21-18-15-12-9-6-3/h49-50,56-57,61H,4-48,51-54H2,1-3H3,(H2,66,67,72)/t56-,57-,61-/m1/s1.